The van der Waals surface area contributed by atoms with Crippen molar-refractivity contribution in [1.29, 1.82) is 0 Å². The smallest absolute Gasteiger partial charge is 0.317 e. The highest BCUT2D eigenvalue weighted by Crippen LogP contribution is 2.36. The Kier molecular flexibility index (Phi) is 6.39. The van der Waals surface area contributed by atoms with Crippen LogP contribution in [0.2, 0.25) is 0 Å². The Morgan fingerprint density at radius 3 is 2.74 bits per heavy atom. The summed E-state index contributed by atoms with van der Waals surface area (Å²) in [6, 6.07) is 4.17. The Morgan fingerprint density at radius 2 is 1.97 bits per heavy atom. The summed E-state index contributed by atoms with van der Waals surface area (Å²) in [5.41, 5.74) is 2.31. The first-order chi connectivity index (χ1) is 17.0. The average Bonchev–Trinajstić information content (AvgIpc) is 3.29. The van der Waals surface area contributed by atoms with Gasteiger partial charge in [0.15, 0.2) is 23.2 Å². The molecule has 4 heterocycles. The molecular formula is C24H25F2N7O2. The zero-order valence-electron chi connectivity index (χ0n) is 19.2. The van der Waals surface area contributed by atoms with E-state index in [0.29, 0.717) is 56.4 Å². The zero-order valence-corrected chi connectivity index (χ0v) is 19.2. The number of amides is 2. The maximum atomic E-state index is 14.5. The number of nitrogens with zero attached hydrogens (tertiary/aromatic N) is 6. The lowest BCUT2D eigenvalue weighted by Crippen LogP contribution is -2.35. The number of carbonyl (C=O) groups is 1. The number of halogens is 2. The molecule has 1 atom stereocenters. The van der Waals surface area contributed by atoms with Crippen molar-refractivity contribution in [3.63, 3.8) is 0 Å². The Hall–Kier alpha value is -3.89. The summed E-state index contributed by atoms with van der Waals surface area (Å²) in [4.78, 5) is 32.7. The molecule has 1 fully saturated rings. The number of carbonyl (C=O) groups excluding carboxylic acids is 1. The summed E-state index contributed by atoms with van der Waals surface area (Å²) >= 11 is 0. The lowest BCUT2D eigenvalue weighted by Gasteiger charge is -2.36. The first kappa shape index (κ1) is 22.9. The van der Waals surface area contributed by atoms with Gasteiger partial charge in [-0.2, -0.15) is 4.39 Å². The standard InChI is InChI=1S/C24H25F2N7O2/c1-15-17-14-30-23(22-27-5-2-6-28-22)31-19(17)4-9-33(15)16-12-18(25)21(26)20(13-16)35-11-3-8-32-10-7-29-24(32)34/h2,5-6,12-15H,3-4,7-11H2,1H3,(H,29,34). The molecule has 2 aromatic heterocycles. The van der Waals surface area contributed by atoms with E-state index in [1.807, 2.05) is 11.8 Å². The van der Waals surface area contributed by atoms with Gasteiger partial charge < -0.3 is 19.9 Å². The largest absolute Gasteiger partial charge is 0.490 e. The number of benzene rings is 1. The van der Waals surface area contributed by atoms with E-state index >= 15 is 0 Å². The maximum absolute atomic E-state index is 14.5. The molecule has 2 aliphatic rings. The number of fused-ring (bicyclic) bond motifs is 1. The summed E-state index contributed by atoms with van der Waals surface area (Å²) in [7, 11) is 0. The van der Waals surface area contributed by atoms with Crippen molar-refractivity contribution in [1.82, 2.24) is 30.2 Å². The van der Waals surface area contributed by atoms with E-state index in [4.69, 9.17) is 4.74 Å². The molecule has 1 N–H and O–H groups in total. The summed E-state index contributed by atoms with van der Waals surface area (Å²) in [5.74, 6) is -1.22. The van der Waals surface area contributed by atoms with Crippen LogP contribution in [-0.2, 0) is 6.42 Å². The van der Waals surface area contributed by atoms with E-state index in [2.05, 4.69) is 25.3 Å². The molecule has 11 heteroatoms. The molecule has 2 amide bonds. The number of nitrogens with one attached hydrogen (secondary N) is 1. The fourth-order valence-electron chi connectivity index (χ4n) is 4.42. The van der Waals surface area contributed by atoms with Crippen LogP contribution in [0.25, 0.3) is 11.6 Å². The lowest BCUT2D eigenvalue weighted by atomic mass is 9.98. The van der Waals surface area contributed by atoms with Crippen LogP contribution in [0.3, 0.4) is 0 Å². The third-order valence-electron chi connectivity index (χ3n) is 6.26. The molecular weight excluding hydrogens is 456 g/mol. The second kappa shape index (κ2) is 9.77. The highest BCUT2D eigenvalue weighted by Gasteiger charge is 2.28. The lowest BCUT2D eigenvalue weighted by molar-refractivity contribution is 0.210. The van der Waals surface area contributed by atoms with Gasteiger partial charge in [-0.3, -0.25) is 0 Å². The fraction of sp³-hybridized carbons (Fsp3) is 0.375. The van der Waals surface area contributed by atoms with Crippen molar-refractivity contribution in [2.24, 2.45) is 0 Å². The molecule has 1 saturated heterocycles. The van der Waals surface area contributed by atoms with Crippen LogP contribution in [0.1, 0.15) is 30.6 Å². The topological polar surface area (TPSA) is 96.4 Å². The monoisotopic (exact) mass is 481 g/mol. The molecule has 35 heavy (non-hydrogen) atoms. The summed E-state index contributed by atoms with van der Waals surface area (Å²) in [6.45, 7) is 4.45. The number of anilines is 1. The Labute approximate surface area is 201 Å². The van der Waals surface area contributed by atoms with Crippen LogP contribution in [0, 0.1) is 11.6 Å². The molecule has 0 spiro atoms. The van der Waals surface area contributed by atoms with E-state index < -0.39 is 11.6 Å². The van der Waals surface area contributed by atoms with Crippen molar-refractivity contribution in [2.45, 2.75) is 25.8 Å². The molecule has 3 aromatic rings. The third-order valence-corrected chi connectivity index (χ3v) is 6.26. The maximum Gasteiger partial charge on any atom is 0.317 e. The molecule has 9 nitrogen and oxygen atoms in total. The van der Waals surface area contributed by atoms with Gasteiger partial charge >= 0.3 is 6.03 Å². The number of urea groups is 1. The van der Waals surface area contributed by atoms with Crippen molar-refractivity contribution >= 4 is 11.7 Å². The molecule has 2 aliphatic heterocycles. The fourth-order valence-corrected chi connectivity index (χ4v) is 4.42. The predicted molar refractivity (Wildman–Crippen MR) is 124 cm³/mol. The van der Waals surface area contributed by atoms with Crippen LogP contribution >= 0.6 is 0 Å². The van der Waals surface area contributed by atoms with Crippen LogP contribution in [0.4, 0.5) is 19.3 Å². The number of rotatable bonds is 7. The normalized spacial score (nSPS) is 17.3. The molecule has 0 saturated carbocycles. The average molecular weight is 482 g/mol. The van der Waals surface area contributed by atoms with Crippen LogP contribution in [-0.4, -0.2) is 63.7 Å². The molecule has 1 unspecified atom stereocenters. The van der Waals surface area contributed by atoms with Gasteiger partial charge in [0.1, 0.15) is 0 Å². The predicted octanol–water partition coefficient (Wildman–Crippen LogP) is 3.13. The van der Waals surface area contributed by atoms with Gasteiger partial charge in [-0.15, -0.1) is 0 Å². The first-order valence-electron chi connectivity index (χ1n) is 11.6. The van der Waals surface area contributed by atoms with Crippen molar-refractivity contribution in [3.05, 3.63) is 59.7 Å². The van der Waals surface area contributed by atoms with E-state index in [9.17, 15) is 13.6 Å². The quantitative estimate of drug-likeness (QED) is 0.518. The van der Waals surface area contributed by atoms with Crippen LogP contribution in [0.5, 0.6) is 5.75 Å². The number of aromatic nitrogens is 4. The molecule has 0 radical (unpaired) electrons. The Balaban J connectivity index is 1.30. The van der Waals surface area contributed by atoms with Gasteiger partial charge in [-0.05, 0) is 19.4 Å². The van der Waals surface area contributed by atoms with E-state index in [1.165, 1.54) is 12.1 Å². The number of hydrogen-bond acceptors (Lipinski definition) is 7. The Morgan fingerprint density at radius 1 is 1.14 bits per heavy atom. The summed E-state index contributed by atoms with van der Waals surface area (Å²) in [5, 5.41) is 2.73. The molecule has 0 aliphatic carbocycles. The molecule has 0 bridgehead atoms. The minimum absolute atomic E-state index is 0.115. The third kappa shape index (κ3) is 4.71. The minimum Gasteiger partial charge on any atom is -0.490 e. The van der Waals surface area contributed by atoms with Gasteiger partial charge in [-0.25, -0.2) is 29.1 Å². The van der Waals surface area contributed by atoms with Crippen molar-refractivity contribution in [2.75, 3.05) is 37.7 Å². The Bertz CT molecular complexity index is 1230. The summed E-state index contributed by atoms with van der Waals surface area (Å²) < 4.78 is 34.5. The number of hydrogen-bond donors (Lipinski definition) is 1. The molecule has 1 aromatic carbocycles. The molecule has 5 rings (SSSR count). The van der Waals surface area contributed by atoms with Crippen molar-refractivity contribution in [3.8, 4) is 17.4 Å². The number of ether oxygens (including phenoxy) is 1. The van der Waals surface area contributed by atoms with E-state index in [0.717, 1.165) is 11.3 Å². The van der Waals surface area contributed by atoms with E-state index in [-0.39, 0.29) is 24.4 Å². The second-order valence-corrected chi connectivity index (χ2v) is 8.45. The van der Waals surface area contributed by atoms with Gasteiger partial charge in [-0.1, -0.05) is 0 Å². The first-order valence-corrected chi connectivity index (χ1v) is 11.6. The van der Waals surface area contributed by atoms with Gasteiger partial charge in [0, 0.05) is 74.6 Å². The van der Waals surface area contributed by atoms with E-state index in [1.54, 1.807) is 29.6 Å². The van der Waals surface area contributed by atoms with Gasteiger partial charge in [0.05, 0.1) is 18.3 Å². The van der Waals surface area contributed by atoms with Crippen LogP contribution in [0.15, 0.2) is 36.8 Å². The highest BCUT2D eigenvalue weighted by atomic mass is 19.2. The second-order valence-electron chi connectivity index (χ2n) is 8.45. The van der Waals surface area contributed by atoms with Gasteiger partial charge in [0.25, 0.3) is 0 Å². The minimum atomic E-state index is -1.02. The van der Waals surface area contributed by atoms with Gasteiger partial charge in [0.2, 0.25) is 5.82 Å². The van der Waals surface area contributed by atoms with Crippen LogP contribution < -0.4 is 15.0 Å². The molecule has 182 valence electrons. The summed E-state index contributed by atoms with van der Waals surface area (Å²) in [6.07, 6.45) is 6.14. The highest BCUT2D eigenvalue weighted by molar-refractivity contribution is 5.76. The zero-order chi connectivity index (χ0) is 24.4. The van der Waals surface area contributed by atoms with Crippen molar-refractivity contribution < 1.29 is 18.3 Å². The SMILES string of the molecule is CC1c2cnc(-c3ncccn3)nc2CCN1c1cc(F)c(F)c(OCCCN2CCNC2=O)c1.